The minimum absolute atomic E-state index is 0.0668. The lowest BCUT2D eigenvalue weighted by Gasteiger charge is -2.35. The van der Waals surface area contributed by atoms with Crippen molar-refractivity contribution < 1.29 is 19.4 Å². The summed E-state index contributed by atoms with van der Waals surface area (Å²) in [4.78, 5) is 23.1. The maximum atomic E-state index is 12.5. The summed E-state index contributed by atoms with van der Waals surface area (Å²) in [6.07, 6.45) is 1.96. The van der Waals surface area contributed by atoms with E-state index in [0.29, 0.717) is 19.3 Å². The van der Waals surface area contributed by atoms with E-state index < -0.39 is 11.4 Å². The zero-order valence-electron chi connectivity index (χ0n) is 13.0. The Bertz CT molecular complexity index is 467. The molecule has 1 rings (SSSR count). The first-order valence-corrected chi connectivity index (χ1v) is 7.31. The molecule has 4 nitrogen and oxygen atoms in total. The molecule has 0 aliphatic carbocycles. The topological polar surface area (TPSA) is 63.6 Å². The standard InChI is InChI=1S/C17H24O4/c1-13(2)17(16(20)21-3,12-8-7-11-15(18)19)14-9-5-4-6-10-14/h4-6,9-10,13H,7-8,11-12H2,1-3H3,(H,18,19). The van der Waals surface area contributed by atoms with Crippen molar-refractivity contribution in [2.75, 3.05) is 7.11 Å². The number of rotatable bonds is 8. The summed E-state index contributed by atoms with van der Waals surface area (Å²) in [6.45, 7) is 4.00. The van der Waals surface area contributed by atoms with Crippen molar-refractivity contribution in [2.24, 2.45) is 5.92 Å². The van der Waals surface area contributed by atoms with E-state index in [1.165, 1.54) is 7.11 Å². The Morgan fingerprint density at radius 1 is 1.19 bits per heavy atom. The molecule has 116 valence electrons. The quantitative estimate of drug-likeness (QED) is 0.589. The van der Waals surface area contributed by atoms with Gasteiger partial charge >= 0.3 is 11.9 Å². The van der Waals surface area contributed by atoms with Crippen molar-refractivity contribution in [1.29, 1.82) is 0 Å². The lowest BCUT2D eigenvalue weighted by atomic mass is 9.68. The summed E-state index contributed by atoms with van der Waals surface area (Å²) in [5.41, 5.74) is 0.219. The maximum Gasteiger partial charge on any atom is 0.316 e. The molecular formula is C17H24O4. The summed E-state index contributed by atoms with van der Waals surface area (Å²) < 4.78 is 5.05. The lowest BCUT2D eigenvalue weighted by Crippen LogP contribution is -2.42. The Balaban J connectivity index is 3.03. The highest BCUT2D eigenvalue weighted by atomic mass is 16.5. The first kappa shape index (κ1) is 17.2. The second-order valence-electron chi connectivity index (χ2n) is 5.58. The van der Waals surface area contributed by atoms with Gasteiger partial charge in [0.15, 0.2) is 0 Å². The molecule has 1 aromatic carbocycles. The molecule has 0 aromatic heterocycles. The van der Waals surface area contributed by atoms with Crippen LogP contribution in [0.4, 0.5) is 0 Å². The smallest absolute Gasteiger partial charge is 0.316 e. The number of unbranched alkanes of at least 4 members (excludes halogenated alkanes) is 1. The molecule has 0 amide bonds. The third kappa shape index (κ3) is 4.06. The monoisotopic (exact) mass is 292 g/mol. The van der Waals surface area contributed by atoms with Crippen LogP contribution in [0.1, 0.15) is 45.1 Å². The average molecular weight is 292 g/mol. The first-order valence-electron chi connectivity index (χ1n) is 7.31. The number of esters is 1. The van der Waals surface area contributed by atoms with E-state index >= 15 is 0 Å². The van der Waals surface area contributed by atoms with Crippen molar-refractivity contribution in [3.63, 3.8) is 0 Å². The molecule has 0 spiro atoms. The molecule has 1 N–H and O–H groups in total. The molecule has 0 aliphatic heterocycles. The number of carbonyl (C=O) groups excluding carboxylic acids is 1. The van der Waals surface area contributed by atoms with Crippen LogP contribution in [0.5, 0.6) is 0 Å². The summed E-state index contributed by atoms with van der Waals surface area (Å²) in [5, 5.41) is 8.73. The number of ether oxygens (including phenoxy) is 1. The Hall–Kier alpha value is -1.84. The minimum atomic E-state index is -0.803. The molecule has 21 heavy (non-hydrogen) atoms. The van der Waals surface area contributed by atoms with Gasteiger partial charge in [0.25, 0.3) is 0 Å². The number of aliphatic carboxylic acids is 1. The number of methoxy groups -OCH3 is 1. The van der Waals surface area contributed by atoms with Gasteiger partial charge in [0.05, 0.1) is 12.5 Å². The molecule has 0 heterocycles. The van der Waals surface area contributed by atoms with E-state index in [0.717, 1.165) is 5.56 Å². The van der Waals surface area contributed by atoms with Crippen molar-refractivity contribution in [3.8, 4) is 0 Å². The number of hydrogen-bond acceptors (Lipinski definition) is 3. The van der Waals surface area contributed by atoms with E-state index in [9.17, 15) is 9.59 Å². The van der Waals surface area contributed by atoms with Crippen LogP contribution >= 0.6 is 0 Å². The number of hydrogen-bond donors (Lipinski definition) is 1. The minimum Gasteiger partial charge on any atom is -0.481 e. The highest BCUT2D eigenvalue weighted by Gasteiger charge is 2.43. The van der Waals surface area contributed by atoms with E-state index in [4.69, 9.17) is 9.84 Å². The second-order valence-corrected chi connectivity index (χ2v) is 5.58. The number of benzene rings is 1. The third-order valence-electron chi connectivity index (χ3n) is 4.04. The Kier molecular flexibility index (Phi) is 6.40. The summed E-state index contributed by atoms with van der Waals surface area (Å²) in [6, 6.07) is 9.61. The zero-order valence-corrected chi connectivity index (χ0v) is 13.0. The predicted molar refractivity (Wildman–Crippen MR) is 81.1 cm³/mol. The highest BCUT2D eigenvalue weighted by molar-refractivity contribution is 5.83. The molecule has 1 aromatic rings. The van der Waals surface area contributed by atoms with E-state index in [1.807, 2.05) is 44.2 Å². The summed E-state index contributed by atoms with van der Waals surface area (Å²) >= 11 is 0. The van der Waals surface area contributed by atoms with Gasteiger partial charge in [-0.3, -0.25) is 9.59 Å². The van der Waals surface area contributed by atoms with Gasteiger partial charge in [-0.15, -0.1) is 0 Å². The van der Waals surface area contributed by atoms with Crippen LogP contribution in [0, 0.1) is 5.92 Å². The zero-order chi connectivity index (χ0) is 15.9. The SMILES string of the molecule is COC(=O)C(CCCCC(=O)O)(c1ccccc1)C(C)C. The fraction of sp³-hybridized carbons (Fsp3) is 0.529. The molecule has 0 saturated heterocycles. The van der Waals surface area contributed by atoms with Gasteiger partial charge in [0, 0.05) is 6.42 Å². The van der Waals surface area contributed by atoms with E-state index in [2.05, 4.69) is 0 Å². The van der Waals surface area contributed by atoms with Crippen LogP contribution in [0.15, 0.2) is 30.3 Å². The van der Waals surface area contributed by atoms with Gasteiger partial charge in [-0.05, 0) is 24.3 Å². The average Bonchev–Trinajstić information content (AvgIpc) is 2.47. The molecular weight excluding hydrogens is 268 g/mol. The van der Waals surface area contributed by atoms with Crippen LogP contribution in [0.25, 0.3) is 0 Å². The normalized spacial score (nSPS) is 13.7. The summed E-state index contributed by atoms with van der Waals surface area (Å²) in [5.74, 6) is -0.987. The van der Waals surface area contributed by atoms with Crippen LogP contribution in [-0.4, -0.2) is 24.2 Å². The van der Waals surface area contributed by atoms with Gasteiger partial charge in [0.1, 0.15) is 0 Å². The first-order chi connectivity index (χ1) is 9.95. The Labute approximate surface area is 126 Å². The molecule has 0 radical (unpaired) electrons. The lowest BCUT2D eigenvalue weighted by molar-refractivity contribution is -0.150. The van der Waals surface area contributed by atoms with Crippen molar-refractivity contribution >= 4 is 11.9 Å². The van der Waals surface area contributed by atoms with Crippen LogP contribution in [-0.2, 0) is 19.7 Å². The maximum absolute atomic E-state index is 12.5. The van der Waals surface area contributed by atoms with Crippen LogP contribution in [0.2, 0.25) is 0 Å². The fourth-order valence-corrected chi connectivity index (χ4v) is 2.82. The van der Waals surface area contributed by atoms with Gasteiger partial charge in [-0.25, -0.2) is 0 Å². The molecule has 0 aliphatic rings. The van der Waals surface area contributed by atoms with Crippen molar-refractivity contribution in [3.05, 3.63) is 35.9 Å². The second kappa shape index (κ2) is 7.81. The highest BCUT2D eigenvalue weighted by Crippen LogP contribution is 2.38. The van der Waals surface area contributed by atoms with Crippen molar-refractivity contribution in [1.82, 2.24) is 0 Å². The predicted octanol–water partition coefficient (Wildman–Crippen LogP) is 3.40. The number of carboxylic acids is 1. The fourth-order valence-electron chi connectivity index (χ4n) is 2.82. The van der Waals surface area contributed by atoms with E-state index in [1.54, 1.807) is 0 Å². The third-order valence-corrected chi connectivity index (χ3v) is 4.04. The summed E-state index contributed by atoms with van der Waals surface area (Å²) in [7, 11) is 1.40. The van der Waals surface area contributed by atoms with Crippen LogP contribution < -0.4 is 0 Å². The van der Waals surface area contributed by atoms with Gasteiger partial charge in [-0.1, -0.05) is 50.6 Å². The van der Waals surface area contributed by atoms with Crippen molar-refractivity contribution in [2.45, 2.75) is 44.9 Å². The van der Waals surface area contributed by atoms with E-state index in [-0.39, 0.29) is 18.3 Å². The Morgan fingerprint density at radius 2 is 1.81 bits per heavy atom. The number of carboxylic acid groups (broad SMARTS) is 1. The van der Waals surface area contributed by atoms with Crippen LogP contribution in [0.3, 0.4) is 0 Å². The van der Waals surface area contributed by atoms with Gasteiger partial charge in [-0.2, -0.15) is 0 Å². The number of carbonyl (C=O) groups is 2. The molecule has 4 heteroatoms. The molecule has 1 unspecified atom stereocenters. The molecule has 1 atom stereocenters. The molecule has 0 bridgehead atoms. The molecule has 0 fully saturated rings. The molecule has 0 saturated carbocycles. The Morgan fingerprint density at radius 3 is 2.29 bits per heavy atom. The van der Waals surface area contributed by atoms with Gasteiger partial charge < -0.3 is 9.84 Å². The largest absolute Gasteiger partial charge is 0.481 e. The van der Waals surface area contributed by atoms with Gasteiger partial charge in [0.2, 0.25) is 0 Å².